The maximum Gasteiger partial charge on any atom is 0.0882 e. The molecule has 1 aliphatic heterocycles. The molecule has 1 fully saturated rings. The van der Waals surface area contributed by atoms with Gasteiger partial charge < -0.3 is 9.74 Å². The summed E-state index contributed by atoms with van der Waals surface area (Å²) >= 11 is 0. The Morgan fingerprint density at radius 3 is 2.94 bits per heavy atom. The molecule has 0 saturated carbocycles. The molecule has 1 heterocycles. The smallest absolute Gasteiger partial charge is 0.0882 e. The second-order valence-corrected chi connectivity index (χ2v) is 5.11. The van der Waals surface area contributed by atoms with E-state index >= 15 is 0 Å². The Bertz CT molecular complexity index is 390. The first-order valence-corrected chi connectivity index (χ1v) is 6.94. The molecule has 3 heteroatoms. The summed E-state index contributed by atoms with van der Waals surface area (Å²) < 4.78 is 0. The summed E-state index contributed by atoms with van der Waals surface area (Å²) in [6.45, 7) is 6.16. The third-order valence-electron chi connectivity index (χ3n) is 3.91. The summed E-state index contributed by atoms with van der Waals surface area (Å²) in [4.78, 5) is 7.41. The van der Waals surface area contributed by atoms with Gasteiger partial charge in [0.2, 0.25) is 0 Å². The number of nitrogens with two attached hydrogens (primary N) is 1. The Hall–Kier alpha value is -1.06. The number of benzene rings is 1. The van der Waals surface area contributed by atoms with E-state index in [9.17, 15) is 0 Å². The number of piperidine rings is 1. The van der Waals surface area contributed by atoms with Crippen molar-refractivity contribution in [2.75, 3.05) is 18.1 Å². The fraction of sp³-hybridized carbons (Fsp3) is 0.600. The summed E-state index contributed by atoms with van der Waals surface area (Å²) in [5.74, 6) is 5.28. The molecule has 0 aliphatic carbocycles. The van der Waals surface area contributed by atoms with Gasteiger partial charge in [-0.15, -0.1) is 0 Å². The van der Waals surface area contributed by atoms with Crippen LogP contribution in [0.25, 0.3) is 0 Å². The Morgan fingerprint density at radius 1 is 1.39 bits per heavy atom. The van der Waals surface area contributed by atoms with Crippen LogP contribution < -0.4 is 10.8 Å². The van der Waals surface area contributed by atoms with Crippen molar-refractivity contribution < 1.29 is 4.84 Å². The van der Waals surface area contributed by atoms with Crippen LogP contribution in [0.1, 0.15) is 37.3 Å². The van der Waals surface area contributed by atoms with Crippen molar-refractivity contribution in [2.45, 2.75) is 45.6 Å². The zero-order valence-electron chi connectivity index (χ0n) is 11.5. The van der Waals surface area contributed by atoms with E-state index in [2.05, 4.69) is 36.9 Å². The van der Waals surface area contributed by atoms with Gasteiger partial charge in [0, 0.05) is 12.2 Å². The minimum Gasteiger partial charge on any atom is -0.366 e. The molecule has 2 N–H and O–H groups in total. The molecule has 1 unspecified atom stereocenters. The predicted molar refractivity (Wildman–Crippen MR) is 75.7 cm³/mol. The van der Waals surface area contributed by atoms with Crippen molar-refractivity contribution in [3.05, 3.63) is 29.3 Å². The second-order valence-electron chi connectivity index (χ2n) is 5.11. The van der Waals surface area contributed by atoms with Gasteiger partial charge >= 0.3 is 0 Å². The van der Waals surface area contributed by atoms with E-state index in [1.54, 1.807) is 0 Å². The molecule has 0 radical (unpaired) electrons. The Kier molecular flexibility index (Phi) is 4.61. The lowest BCUT2D eigenvalue weighted by molar-refractivity contribution is 0.114. The second kappa shape index (κ2) is 6.21. The van der Waals surface area contributed by atoms with Crippen LogP contribution in [0.3, 0.4) is 0 Å². The molecule has 0 spiro atoms. The maximum absolute atomic E-state index is 5.28. The van der Waals surface area contributed by atoms with E-state index < -0.39 is 0 Å². The Balaban J connectivity index is 2.32. The summed E-state index contributed by atoms with van der Waals surface area (Å²) in [6, 6.07) is 7.01. The molecule has 1 aromatic carbocycles. The molecular formula is C15H24N2O. The highest BCUT2D eigenvalue weighted by atomic mass is 16.6. The van der Waals surface area contributed by atoms with Crippen LogP contribution >= 0.6 is 0 Å². The van der Waals surface area contributed by atoms with Crippen LogP contribution in [-0.2, 0) is 11.3 Å². The number of hydrogen-bond donors (Lipinski definition) is 1. The normalized spacial score (nSPS) is 20.2. The van der Waals surface area contributed by atoms with E-state index in [0.29, 0.717) is 12.6 Å². The van der Waals surface area contributed by atoms with E-state index in [4.69, 9.17) is 10.7 Å². The zero-order chi connectivity index (χ0) is 13.0. The van der Waals surface area contributed by atoms with Gasteiger partial charge in [0.05, 0.1) is 12.6 Å². The van der Waals surface area contributed by atoms with Gasteiger partial charge in [0.25, 0.3) is 0 Å². The lowest BCUT2D eigenvalue weighted by Crippen LogP contribution is -2.43. The molecular weight excluding hydrogens is 224 g/mol. The first-order chi connectivity index (χ1) is 8.77. The van der Waals surface area contributed by atoms with Crippen molar-refractivity contribution in [1.29, 1.82) is 0 Å². The molecule has 2 rings (SSSR count). The molecule has 0 bridgehead atoms. The number of rotatable bonds is 4. The lowest BCUT2D eigenvalue weighted by atomic mass is 9.97. The predicted octanol–water partition coefficient (Wildman–Crippen LogP) is 2.81. The fourth-order valence-corrected chi connectivity index (χ4v) is 3.00. The first kappa shape index (κ1) is 13.4. The van der Waals surface area contributed by atoms with E-state index in [0.717, 1.165) is 13.0 Å². The van der Waals surface area contributed by atoms with Crippen molar-refractivity contribution in [1.82, 2.24) is 0 Å². The molecule has 1 atom stereocenters. The average Bonchev–Trinajstić information content (AvgIpc) is 2.40. The molecule has 0 aromatic heterocycles. The maximum atomic E-state index is 5.28. The molecule has 0 amide bonds. The topological polar surface area (TPSA) is 38.5 Å². The largest absolute Gasteiger partial charge is 0.366 e. The van der Waals surface area contributed by atoms with Crippen LogP contribution in [0.4, 0.5) is 5.69 Å². The molecule has 1 saturated heterocycles. The molecule has 1 aliphatic rings. The monoisotopic (exact) mass is 248 g/mol. The molecule has 100 valence electrons. The van der Waals surface area contributed by atoms with E-state index in [1.807, 2.05) is 0 Å². The van der Waals surface area contributed by atoms with Gasteiger partial charge in [-0.1, -0.05) is 25.1 Å². The quantitative estimate of drug-likeness (QED) is 0.833. The minimum atomic E-state index is 0.426. The van der Waals surface area contributed by atoms with Crippen LogP contribution in [0.5, 0.6) is 0 Å². The first-order valence-electron chi connectivity index (χ1n) is 6.94. The van der Waals surface area contributed by atoms with Crippen LogP contribution in [0, 0.1) is 6.92 Å². The number of hydrogen-bond acceptors (Lipinski definition) is 3. The SMILES string of the molecule is CCc1cccc(C)c1N1CCCCC1CON. The molecule has 1 aromatic rings. The van der Waals surface area contributed by atoms with Gasteiger partial charge in [-0.05, 0) is 43.7 Å². The highest BCUT2D eigenvalue weighted by Crippen LogP contribution is 2.31. The minimum absolute atomic E-state index is 0.426. The van der Waals surface area contributed by atoms with Crippen molar-refractivity contribution >= 4 is 5.69 Å². The zero-order valence-corrected chi connectivity index (χ0v) is 11.5. The van der Waals surface area contributed by atoms with Crippen LogP contribution in [0.2, 0.25) is 0 Å². The highest BCUT2D eigenvalue weighted by Gasteiger charge is 2.25. The number of anilines is 1. The van der Waals surface area contributed by atoms with Crippen molar-refractivity contribution in [3.63, 3.8) is 0 Å². The highest BCUT2D eigenvalue weighted by molar-refractivity contribution is 5.60. The van der Waals surface area contributed by atoms with Gasteiger partial charge in [-0.3, -0.25) is 0 Å². The van der Waals surface area contributed by atoms with Gasteiger partial charge in [-0.25, -0.2) is 5.90 Å². The number of aryl methyl sites for hydroxylation is 2. The number of nitrogens with zero attached hydrogens (tertiary/aromatic N) is 1. The average molecular weight is 248 g/mol. The van der Waals surface area contributed by atoms with Gasteiger partial charge in [0.1, 0.15) is 0 Å². The summed E-state index contributed by atoms with van der Waals surface area (Å²) in [6.07, 6.45) is 4.79. The summed E-state index contributed by atoms with van der Waals surface area (Å²) in [5.41, 5.74) is 4.19. The van der Waals surface area contributed by atoms with Crippen molar-refractivity contribution in [2.24, 2.45) is 5.90 Å². The van der Waals surface area contributed by atoms with Crippen LogP contribution in [0.15, 0.2) is 18.2 Å². The third-order valence-corrected chi connectivity index (χ3v) is 3.91. The Labute approximate surface area is 110 Å². The van der Waals surface area contributed by atoms with E-state index in [-0.39, 0.29) is 0 Å². The van der Waals surface area contributed by atoms with Crippen LogP contribution in [-0.4, -0.2) is 19.2 Å². The molecule has 18 heavy (non-hydrogen) atoms. The Morgan fingerprint density at radius 2 is 2.22 bits per heavy atom. The third kappa shape index (κ3) is 2.68. The standard InChI is InChI=1S/C15H24N2O/c1-3-13-8-6-7-12(2)15(13)17-10-5-4-9-14(17)11-18-16/h6-8,14H,3-5,9-11,16H2,1-2H3. The van der Waals surface area contributed by atoms with E-state index in [1.165, 1.54) is 36.1 Å². The number of para-hydroxylation sites is 1. The summed E-state index contributed by atoms with van der Waals surface area (Å²) in [5, 5.41) is 0. The fourth-order valence-electron chi connectivity index (χ4n) is 3.00. The van der Waals surface area contributed by atoms with Crippen molar-refractivity contribution in [3.8, 4) is 0 Å². The lowest BCUT2D eigenvalue weighted by Gasteiger charge is -2.39. The van der Waals surface area contributed by atoms with Gasteiger partial charge in [0.15, 0.2) is 0 Å². The molecule has 3 nitrogen and oxygen atoms in total. The summed E-state index contributed by atoms with van der Waals surface area (Å²) in [7, 11) is 0. The van der Waals surface area contributed by atoms with Gasteiger partial charge in [-0.2, -0.15) is 0 Å².